The lowest BCUT2D eigenvalue weighted by Gasteiger charge is -2.11. The van der Waals surface area contributed by atoms with Crippen molar-refractivity contribution in [2.24, 2.45) is 0 Å². The molecule has 2 nitrogen and oxygen atoms in total. The zero-order valence-corrected chi connectivity index (χ0v) is 11.2. The minimum atomic E-state index is 0.935. The van der Waals surface area contributed by atoms with Crippen molar-refractivity contribution >= 4 is 17.4 Å². The van der Waals surface area contributed by atoms with Crippen LogP contribution in [0, 0.1) is 6.92 Å². The molecular weight excluding hydrogens is 218 g/mol. The molecule has 90 valence electrons. The fourth-order valence-corrected chi connectivity index (χ4v) is 2.03. The zero-order valence-electron chi connectivity index (χ0n) is 10.4. The molecule has 0 atom stereocenters. The molecule has 1 aromatic carbocycles. The van der Waals surface area contributed by atoms with Gasteiger partial charge in [0.1, 0.15) is 5.75 Å². The largest absolute Gasteiger partial charge is 0.495 e. The molecule has 0 amide bonds. The molecule has 1 aromatic rings. The SMILES string of the molecule is COc1cc(C)ccc1NCCCCSC. The molecule has 1 N–H and O–H groups in total. The number of methoxy groups -OCH3 is 1. The van der Waals surface area contributed by atoms with Crippen LogP contribution in [0.15, 0.2) is 18.2 Å². The van der Waals surface area contributed by atoms with Crippen LogP contribution in [0.25, 0.3) is 0 Å². The Bertz CT molecular complexity index is 315. The fourth-order valence-electron chi connectivity index (χ4n) is 1.54. The third kappa shape index (κ3) is 4.35. The molecule has 0 saturated heterocycles. The summed E-state index contributed by atoms with van der Waals surface area (Å²) in [6.07, 6.45) is 4.62. The van der Waals surface area contributed by atoms with E-state index in [-0.39, 0.29) is 0 Å². The van der Waals surface area contributed by atoms with Crippen molar-refractivity contribution in [2.75, 3.05) is 31.0 Å². The highest BCUT2D eigenvalue weighted by molar-refractivity contribution is 7.98. The Balaban J connectivity index is 2.41. The average Bonchev–Trinajstić information content (AvgIpc) is 2.30. The second-order valence-electron chi connectivity index (χ2n) is 3.83. The van der Waals surface area contributed by atoms with Gasteiger partial charge in [-0.05, 0) is 49.5 Å². The Kier molecular flexibility index (Phi) is 6.16. The Hall–Kier alpha value is -0.830. The summed E-state index contributed by atoms with van der Waals surface area (Å²) < 4.78 is 5.34. The number of benzene rings is 1. The van der Waals surface area contributed by atoms with Gasteiger partial charge in [-0.15, -0.1) is 0 Å². The number of hydrogen-bond donors (Lipinski definition) is 1. The van der Waals surface area contributed by atoms with Crippen LogP contribution in [-0.2, 0) is 0 Å². The van der Waals surface area contributed by atoms with E-state index in [0.717, 1.165) is 18.0 Å². The third-order valence-corrected chi connectivity index (χ3v) is 3.14. The van der Waals surface area contributed by atoms with Crippen molar-refractivity contribution < 1.29 is 4.74 Å². The Morgan fingerprint density at radius 2 is 2.12 bits per heavy atom. The Morgan fingerprint density at radius 3 is 2.81 bits per heavy atom. The monoisotopic (exact) mass is 239 g/mol. The number of aryl methyl sites for hydroxylation is 1. The van der Waals surface area contributed by atoms with Crippen LogP contribution in [0.3, 0.4) is 0 Å². The molecule has 0 aliphatic rings. The van der Waals surface area contributed by atoms with Crippen molar-refractivity contribution in [3.8, 4) is 5.75 Å². The predicted octanol–water partition coefficient (Wildman–Crippen LogP) is 3.56. The Morgan fingerprint density at radius 1 is 1.31 bits per heavy atom. The van der Waals surface area contributed by atoms with Crippen LogP contribution < -0.4 is 10.1 Å². The summed E-state index contributed by atoms with van der Waals surface area (Å²) >= 11 is 1.91. The van der Waals surface area contributed by atoms with Crippen LogP contribution in [-0.4, -0.2) is 25.7 Å². The molecule has 0 bridgehead atoms. The lowest BCUT2D eigenvalue weighted by molar-refractivity contribution is 0.416. The number of unbranched alkanes of at least 4 members (excludes halogenated alkanes) is 1. The van der Waals surface area contributed by atoms with Crippen molar-refractivity contribution in [3.05, 3.63) is 23.8 Å². The van der Waals surface area contributed by atoms with Crippen LogP contribution in [0.4, 0.5) is 5.69 Å². The first-order chi connectivity index (χ1) is 7.77. The standard InChI is InChI=1S/C13H21NOS/c1-11-6-7-12(13(10-11)15-2)14-8-4-5-9-16-3/h6-7,10,14H,4-5,8-9H2,1-3H3. The molecular formula is C13H21NOS. The van der Waals surface area contributed by atoms with Crippen molar-refractivity contribution in [1.29, 1.82) is 0 Å². The minimum absolute atomic E-state index is 0.935. The number of rotatable bonds is 7. The van der Waals surface area contributed by atoms with Crippen LogP contribution in [0.2, 0.25) is 0 Å². The number of thioether (sulfide) groups is 1. The third-order valence-electron chi connectivity index (χ3n) is 2.45. The molecule has 0 saturated carbocycles. The normalized spacial score (nSPS) is 10.2. The lowest BCUT2D eigenvalue weighted by atomic mass is 10.2. The molecule has 0 aromatic heterocycles. The van der Waals surface area contributed by atoms with Crippen molar-refractivity contribution in [1.82, 2.24) is 0 Å². The first kappa shape index (κ1) is 13.2. The van der Waals surface area contributed by atoms with E-state index in [1.807, 2.05) is 11.8 Å². The molecule has 16 heavy (non-hydrogen) atoms. The first-order valence-electron chi connectivity index (χ1n) is 5.65. The maximum absolute atomic E-state index is 5.34. The van der Waals surface area contributed by atoms with E-state index in [1.165, 1.54) is 24.2 Å². The smallest absolute Gasteiger partial charge is 0.142 e. The maximum Gasteiger partial charge on any atom is 0.142 e. The van der Waals surface area contributed by atoms with Gasteiger partial charge in [-0.1, -0.05) is 6.07 Å². The van der Waals surface area contributed by atoms with E-state index < -0.39 is 0 Å². The van der Waals surface area contributed by atoms with Crippen LogP contribution in [0.1, 0.15) is 18.4 Å². The molecule has 0 aliphatic carbocycles. The number of nitrogens with one attached hydrogen (secondary N) is 1. The van der Waals surface area contributed by atoms with E-state index in [9.17, 15) is 0 Å². The summed E-state index contributed by atoms with van der Waals surface area (Å²) in [7, 11) is 1.72. The maximum atomic E-state index is 5.34. The van der Waals surface area contributed by atoms with E-state index in [2.05, 4.69) is 36.7 Å². The minimum Gasteiger partial charge on any atom is -0.495 e. The van der Waals surface area contributed by atoms with E-state index in [1.54, 1.807) is 7.11 Å². The lowest BCUT2D eigenvalue weighted by Crippen LogP contribution is -2.03. The first-order valence-corrected chi connectivity index (χ1v) is 7.04. The van der Waals surface area contributed by atoms with Crippen molar-refractivity contribution in [2.45, 2.75) is 19.8 Å². The zero-order chi connectivity index (χ0) is 11.8. The summed E-state index contributed by atoms with van der Waals surface area (Å²) in [5, 5.41) is 3.42. The molecule has 0 spiro atoms. The number of hydrogen-bond acceptors (Lipinski definition) is 3. The summed E-state index contributed by atoms with van der Waals surface area (Å²) in [6, 6.07) is 6.25. The quantitative estimate of drug-likeness (QED) is 0.735. The van der Waals surface area contributed by atoms with Gasteiger partial charge in [-0.3, -0.25) is 0 Å². The predicted molar refractivity (Wildman–Crippen MR) is 73.8 cm³/mol. The topological polar surface area (TPSA) is 21.3 Å². The average molecular weight is 239 g/mol. The number of ether oxygens (including phenoxy) is 1. The van der Waals surface area contributed by atoms with E-state index in [0.29, 0.717) is 0 Å². The van der Waals surface area contributed by atoms with Gasteiger partial charge < -0.3 is 10.1 Å². The summed E-state index contributed by atoms with van der Waals surface area (Å²) in [6.45, 7) is 3.09. The second-order valence-corrected chi connectivity index (χ2v) is 4.82. The van der Waals surface area contributed by atoms with Gasteiger partial charge in [0.2, 0.25) is 0 Å². The van der Waals surface area contributed by atoms with E-state index in [4.69, 9.17) is 4.74 Å². The van der Waals surface area contributed by atoms with Crippen LogP contribution >= 0.6 is 11.8 Å². The van der Waals surface area contributed by atoms with Crippen molar-refractivity contribution in [3.63, 3.8) is 0 Å². The molecule has 0 unspecified atom stereocenters. The molecule has 0 heterocycles. The summed E-state index contributed by atoms with van der Waals surface area (Å²) in [4.78, 5) is 0. The van der Waals surface area contributed by atoms with Gasteiger partial charge in [0.25, 0.3) is 0 Å². The highest BCUT2D eigenvalue weighted by Crippen LogP contribution is 2.25. The highest BCUT2D eigenvalue weighted by atomic mass is 32.2. The van der Waals surface area contributed by atoms with Gasteiger partial charge in [-0.2, -0.15) is 11.8 Å². The summed E-state index contributed by atoms with van der Waals surface area (Å²) in [5.74, 6) is 2.18. The van der Waals surface area contributed by atoms with E-state index >= 15 is 0 Å². The highest BCUT2D eigenvalue weighted by Gasteiger charge is 2.01. The van der Waals surface area contributed by atoms with Gasteiger partial charge in [0, 0.05) is 6.54 Å². The van der Waals surface area contributed by atoms with Crippen LogP contribution in [0.5, 0.6) is 5.75 Å². The van der Waals surface area contributed by atoms with Gasteiger partial charge in [0.05, 0.1) is 12.8 Å². The molecule has 0 fully saturated rings. The second kappa shape index (κ2) is 7.44. The summed E-state index contributed by atoms with van der Waals surface area (Å²) in [5.41, 5.74) is 2.32. The fraction of sp³-hybridized carbons (Fsp3) is 0.538. The molecule has 1 rings (SSSR count). The molecule has 3 heteroatoms. The van der Waals surface area contributed by atoms with Gasteiger partial charge in [0.15, 0.2) is 0 Å². The number of anilines is 1. The Labute approximate surface area is 103 Å². The molecule has 0 aliphatic heterocycles. The van der Waals surface area contributed by atoms with Gasteiger partial charge >= 0.3 is 0 Å². The molecule has 0 radical (unpaired) electrons. The van der Waals surface area contributed by atoms with Gasteiger partial charge in [-0.25, -0.2) is 0 Å².